The summed E-state index contributed by atoms with van der Waals surface area (Å²) < 4.78 is 0. The molecule has 1 N–H and O–H groups in total. The molecule has 0 spiro atoms. The number of anilines is 1. The van der Waals surface area contributed by atoms with Crippen LogP contribution in [0.15, 0.2) is 36.5 Å². The number of rotatable bonds is 7. The first-order chi connectivity index (χ1) is 11.8. The number of para-hydroxylation sites is 1. The maximum Gasteiger partial charge on any atom is 0.279 e. The number of benzene rings is 1. The molecule has 7 nitrogen and oxygen atoms in total. The maximum atomic E-state index is 12.2. The molecule has 0 aliphatic rings. The summed E-state index contributed by atoms with van der Waals surface area (Å²) in [5, 5.41) is 20.6. The molecule has 0 radical (unpaired) electrons. The number of carbonyl (C=O) groups excluding carboxylic acids is 1. The van der Waals surface area contributed by atoms with Gasteiger partial charge in [-0.3, -0.25) is 10.1 Å². The quantitative estimate of drug-likeness (QED) is 0.667. The van der Waals surface area contributed by atoms with Crippen LogP contribution in [-0.2, 0) is 6.42 Å². The molecule has 0 saturated heterocycles. The summed E-state index contributed by atoms with van der Waals surface area (Å²) in [6, 6.07) is 9.43. The number of nitrogens with one attached hydrogen (secondary N) is 1. The Labute approximate surface area is 143 Å². The third-order valence-corrected chi connectivity index (χ3v) is 4.29. The van der Waals surface area contributed by atoms with Gasteiger partial charge in [-0.1, -0.05) is 49.3 Å². The van der Waals surface area contributed by atoms with Gasteiger partial charge in [-0.25, -0.2) is 0 Å². The fourth-order valence-corrected chi connectivity index (χ4v) is 2.92. The molecule has 1 amide bonds. The first kappa shape index (κ1) is 16.3. The first-order valence-electron chi connectivity index (χ1n) is 7.88. The smallest absolute Gasteiger partial charge is 0.279 e. The lowest BCUT2D eigenvalue weighted by molar-refractivity contribution is 0.102. The molecule has 0 aliphatic carbocycles. The van der Waals surface area contributed by atoms with E-state index in [9.17, 15) is 4.79 Å². The number of aryl methyl sites for hydroxylation is 1. The SMILES string of the molecule is CCCCCc1nnc(NC(=O)c2cnn(-c3ccccc3)n2)s1. The second-order valence-electron chi connectivity index (χ2n) is 5.27. The Morgan fingerprint density at radius 3 is 2.83 bits per heavy atom. The van der Waals surface area contributed by atoms with Crippen LogP contribution in [0.5, 0.6) is 0 Å². The lowest BCUT2D eigenvalue weighted by Crippen LogP contribution is -2.13. The highest BCUT2D eigenvalue weighted by atomic mass is 32.1. The molecule has 1 aromatic carbocycles. The van der Waals surface area contributed by atoms with Gasteiger partial charge in [0.05, 0.1) is 11.9 Å². The molecule has 8 heteroatoms. The van der Waals surface area contributed by atoms with Crippen molar-refractivity contribution in [2.75, 3.05) is 5.32 Å². The van der Waals surface area contributed by atoms with Crippen LogP contribution in [0.3, 0.4) is 0 Å². The zero-order valence-corrected chi connectivity index (χ0v) is 14.2. The number of nitrogens with zero attached hydrogens (tertiary/aromatic N) is 5. The van der Waals surface area contributed by atoms with Crippen molar-refractivity contribution in [1.82, 2.24) is 25.2 Å². The topological polar surface area (TPSA) is 85.6 Å². The van der Waals surface area contributed by atoms with Gasteiger partial charge in [0.2, 0.25) is 5.13 Å². The van der Waals surface area contributed by atoms with Crippen LogP contribution >= 0.6 is 11.3 Å². The molecule has 0 fully saturated rings. The molecular formula is C16H18N6OS. The van der Waals surface area contributed by atoms with Crippen LogP contribution in [0.4, 0.5) is 5.13 Å². The number of carbonyl (C=O) groups is 1. The van der Waals surface area contributed by atoms with E-state index in [2.05, 4.69) is 32.6 Å². The van der Waals surface area contributed by atoms with Crippen molar-refractivity contribution < 1.29 is 4.79 Å². The number of unbranched alkanes of at least 4 members (excludes halogenated alkanes) is 2. The van der Waals surface area contributed by atoms with E-state index >= 15 is 0 Å². The summed E-state index contributed by atoms with van der Waals surface area (Å²) in [6.45, 7) is 2.16. The lowest BCUT2D eigenvalue weighted by atomic mass is 10.2. The zero-order valence-electron chi connectivity index (χ0n) is 13.3. The summed E-state index contributed by atoms with van der Waals surface area (Å²) in [5.74, 6) is -0.339. The molecular weight excluding hydrogens is 324 g/mol. The van der Waals surface area contributed by atoms with E-state index in [-0.39, 0.29) is 11.6 Å². The Morgan fingerprint density at radius 2 is 2.04 bits per heavy atom. The molecule has 0 saturated carbocycles. The van der Waals surface area contributed by atoms with E-state index in [1.165, 1.54) is 35.2 Å². The highest BCUT2D eigenvalue weighted by molar-refractivity contribution is 7.15. The van der Waals surface area contributed by atoms with E-state index in [0.29, 0.717) is 5.13 Å². The van der Waals surface area contributed by atoms with Crippen molar-refractivity contribution in [3.63, 3.8) is 0 Å². The average Bonchev–Trinajstić information content (AvgIpc) is 3.26. The number of hydrogen-bond donors (Lipinski definition) is 1. The van der Waals surface area contributed by atoms with E-state index in [0.717, 1.165) is 23.5 Å². The molecule has 2 heterocycles. The maximum absolute atomic E-state index is 12.2. The van der Waals surface area contributed by atoms with Crippen molar-refractivity contribution >= 4 is 22.4 Å². The molecule has 124 valence electrons. The van der Waals surface area contributed by atoms with Gasteiger partial charge >= 0.3 is 0 Å². The van der Waals surface area contributed by atoms with Crippen LogP contribution in [-0.4, -0.2) is 31.1 Å². The van der Waals surface area contributed by atoms with Gasteiger partial charge in [0.25, 0.3) is 5.91 Å². The van der Waals surface area contributed by atoms with Crippen LogP contribution < -0.4 is 5.32 Å². The first-order valence-corrected chi connectivity index (χ1v) is 8.69. The third-order valence-electron chi connectivity index (χ3n) is 3.39. The van der Waals surface area contributed by atoms with Crippen molar-refractivity contribution in [2.45, 2.75) is 32.6 Å². The van der Waals surface area contributed by atoms with Crippen LogP contribution in [0.2, 0.25) is 0 Å². The van der Waals surface area contributed by atoms with Gasteiger partial charge in [-0.15, -0.1) is 15.3 Å². The fraction of sp³-hybridized carbons (Fsp3) is 0.312. The van der Waals surface area contributed by atoms with E-state index < -0.39 is 0 Å². The zero-order chi connectivity index (χ0) is 16.8. The molecule has 2 aromatic heterocycles. The fourth-order valence-electron chi connectivity index (χ4n) is 2.15. The normalized spacial score (nSPS) is 10.7. The second kappa shape index (κ2) is 7.78. The number of hydrogen-bond acceptors (Lipinski definition) is 6. The minimum Gasteiger partial charge on any atom is -0.295 e. The van der Waals surface area contributed by atoms with Gasteiger partial charge < -0.3 is 0 Å². The average molecular weight is 342 g/mol. The molecule has 3 aromatic rings. The molecule has 3 rings (SSSR count). The molecule has 24 heavy (non-hydrogen) atoms. The Hall–Kier alpha value is -2.61. The minimum absolute atomic E-state index is 0.238. The Balaban J connectivity index is 1.62. The van der Waals surface area contributed by atoms with Gasteiger partial charge in [0, 0.05) is 6.42 Å². The van der Waals surface area contributed by atoms with Gasteiger partial charge in [-0.05, 0) is 18.6 Å². The van der Waals surface area contributed by atoms with Crippen LogP contribution in [0.1, 0.15) is 41.7 Å². The Morgan fingerprint density at radius 1 is 1.21 bits per heavy atom. The summed E-state index contributed by atoms with van der Waals surface area (Å²) >= 11 is 1.40. The molecule has 0 bridgehead atoms. The second-order valence-corrected chi connectivity index (χ2v) is 6.33. The standard InChI is InChI=1S/C16H18N6OS/c1-2-3-5-10-14-19-20-16(24-14)18-15(23)13-11-17-22(21-13)12-8-6-4-7-9-12/h4,6-9,11H,2-3,5,10H2,1H3,(H,18,20,23). The summed E-state index contributed by atoms with van der Waals surface area (Å²) in [6.07, 6.45) is 5.75. The van der Waals surface area contributed by atoms with E-state index in [1.54, 1.807) is 0 Å². The number of amides is 1. The molecule has 0 atom stereocenters. The highest BCUT2D eigenvalue weighted by Crippen LogP contribution is 2.18. The minimum atomic E-state index is -0.339. The summed E-state index contributed by atoms with van der Waals surface area (Å²) in [7, 11) is 0. The largest absolute Gasteiger partial charge is 0.295 e. The van der Waals surface area contributed by atoms with Crippen molar-refractivity contribution in [2.24, 2.45) is 0 Å². The summed E-state index contributed by atoms with van der Waals surface area (Å²) in [5.41, 5.74) is 1.03. The van der Waals surface area contributed by atoms with E-state index in [4.69, 9.17) is 0 Å². The lowest BCUT2D eigenvalue weighted by Gasteiger charge is -1.98. The molecule has 0 unspecified atom stereocenters. The predicted molar refractivity (Wildman–Crippen MR) is 92.5 cm³/mol. The predicted octanol–water partition coefficient (Wildman–Crippen LogP) is 3.10. The van der Waals surface area contributed by atoms with Crippen LogP contribution in [0, 0.1) is 0 Å². The van der Waals surface area contributed by atoms with Crippen molar-refractivity contribution in [3.05, 3.63) is 47.2 Å². The summed E-state index contributed by atoms with van der Waals surface area (Å²) in [4.78, 5) is 13.7. The van der Waals surface area contributed by atoms with Gasteiger partial charge in [-0.2, -0.15) is 9.90 Å². The van der Waals surface area contributed by atoms with E-state index in [1.807, 2.05) is 30.3 Å². The monoisotopic (exact) mass is 342 g/mol. The Kier molecular flexibility index (Phi) is 5.27. The van der Waals surface area contributed by atoms with Gasteiger partial charge in [0.1, 0.15) is 5.01 Å². The molecule has 0 aliphatic heterocycles. The van der Waals surface area contributed by atoms with Crippen molar-refractivity contribution in [3.8, 4) is 5.69 Å². The van der Waals surface area contributed by atoms with Gasteiger partial charge in [0.15, 0.2) is 5.69 Å². The highest BCUT2D eigenvalue weighted by Gasteiger charge is 2.14. The number of aromatic nitrogens is 5. The Bertz CT molecular complexity index is 798. The van der Waals surface area contributed by atoms with Crippen molar-refractivity contribution in [1.29, 1.82) is 0 Å². The third kappa shape index (κ3) is 4.02. The van der Waals surface area contributed by atoms with Crippen LogP contribution in [0.25, 0.3) is 5.69 Å².